The molecular formula is C8H13N. The minimum Gasteiger partial charge on any atom is -0.299 e. The SMILES string of the molecule is CN1CC2=C(CCC2)C1. The lowest BCUT2D eigenvalue weighted by Gasteiger charge is -2.08. The summed E-state index contributed by atoms with van der Waals surface area (Å²) >= 11 is 0. The van der Waals surface area contributed by atoms with Gasteiger partial charge in [0.25, 0.3) is 0 Å². The third-order valence-corrected chi connectivity index (χ3v) is 2.38. The van der Waals surface area contributed by atoms with Gasteiger partial charge in [0.15, 0.2) is 0 Å². The molecule has 0 bridgehead atoms. The Morgan fingerprint density at radius 3 is 2.22 bits per heavy atom. The summed E-state index contributed by atoms with van der Waals surface area (Å²) in [6.45, 7) is 2.52. The van der Waals surface area contributed by atoms with Gasteiger partial charge in [-0.3, -0.25) is 4.90 Å². The second-order valence-electron chi connectivity index (χ2n) is 3.23. The van der Waals surface area contributed by atoms with E-state index in [0.29, 0.717) is 0 Å². The molecule has 0 spiro atoms. The van der Waals surface area contributed by atoms with E-state index in [1.165, 1.54) is 32.4 Å². The molecule has 1 aliphatic carbocycles. The molecule has 2 aliphatic rings. The van der Waals surface area contributed by atoms with Gasteiger partial charge in [0, 0.05) is 13.1 Å². The van der Waals surface area contributed by atoms with E-state index in [2.05, 4.69) is 11.9 Å². The van der Waals surface area contributed by atoms with Crippen LogP contribution in [-0.4, -0.2) is 25.0 Å². The molecule has 0 aromatic carbocycles. The maximum absolute atomic E-state index is 2.41. The molecule has 0 saturated carbocycles. The standard InChI is InChI=1S/C8H13N/c1-9-5-7-3-2-4-8(7)6-9/h2-6H2,1H3. The quantitative estimate of drug-likeness (QED) is 0.440. The normalized spacial score (nSPS) is 27.7. The van der Waals surface area contributed by atoms with Crippen molar-refractivity contribution in [1.82, 2.24) is 4.90 Å². The monoisotopic (exact) mass is 123 g/mol. The van der Waals surface area contributed by atoms with Crippen molar-refractivity contribution < 1.29 is 0 Å². The maximum atomic E-state index is 2.41. The average Bonchev–Trinajstić information content (AvgIpc) is 2.22. The molecule has 0 aromatic rings. The summed E-state index contributed by atoms with van der Waals surface area (Å²) < 4.78 is 0. The second kappa shape index (κ2) is 1.84. The third-order valence-electron chi connectivity index (χ3n) is 2.38. The van der Waals surface area contributed by atoms with E-state index in [1.807, 2.05) is 0 Å². The van der Waals surface area contributed by atoms with E-state index >= 15 is 0 Å². The maximum Gasteiger partial charge on any atom is 0.0196 e. The van der Waals surface area contributed by atoms with Gasteiger partial charge in [-0.1, -0.05) is 11.1 Å². The highest BCUT2D eigenvalue weighted by molar-refractivity contribution is 5.26. The molecule has 0 amide bonds. The van der Waals surface area contributed by atoms with Crippen molar-refractivity contribution in [2.75, 3.05) is 20.1 Å². The van der Waals surface area contributed by atoms with Gasteiger partial charge >= 0.3 is 0 Å². The Morgan fingerprint density at radius 1 is 1.11 bits per heavy atom. The smallest absolute Gasteiger partial charge is 0.0196 e. The third kappa shape index (κ3) is 0.799. The number of likely N-dealkylation sites (tertiary alicyclic amines) is 1. The first-order chi connectivity index (χ1) is 4.36. The number of hydrogen-bond donors (Lipinski definition) is 0. The Hall–Kier alpha value is -0.300. The van der Waals surface area contributed by atoms with Crippen LogP contribution in [0.4, 0.5) is 0 Å². The molecule has 1 aliphatic heterocycles. The van der Waals surface area contributed by atoms with Crippen LogP contribution in [0.15, 0.2) is 11.1 Å². The van der Waals surface area contributed by atoms with E-state index in [1.54, 1.807) is 11.1 Å². The van der Waals surface area contributed by atoms with E-state index in [0.717, 1.165) is 0 Å². The fraction of sp³-hybridized carbons (Fsp3) is 0.750. The highest BCUT2D eigenvalue weighted by Crippen LogP contribution is 2.31. The molecule has 0 fully saturated rings. The van der Waals surface area contributed by atoms with Gasteiger partial charge in [-0.15, -0.1) is 0 Å². The molecule has 0 unspecified atom stereocenters. The van der Waals surface area contributed by atoms with E-state index in [9.17, 15) is 0 Å². The van der Waals surface area contributed by atoms with Crippen molar-refractivity contribution in [2.24, 2.45) is 0 Å². The fourth-order valence-corrected chi connectivity index (χ4v) is 1.96. The number of hydrogen-bond acceptors (Lipinski definition) is 1. The molecule has 0 aromatic heterocycles. The summed E-state index contributed by atoms with van der Waals surface area (Å²) in [6.07, 6.45) is 4.21. The van der Waals surface area contributed by atoms with Crippen LogP contribution in [0.1, 0.15) is 19.3 Å². The zero-order valence-corrected chi connectivity index (χ0v) is 5.98. The molecule has 0 N–H and O–H groups in total. The molecular weight excluding hydrogens is 110 g/mol. The molecule has 1 nitrogen and oxygen atoms in total. The van der Waals surface area contributed by atoms with Crippen molar-refractivity contribution in [3.8, 4) is 0 Å². The zero-order chi connectivity index (χ0) is 6.27. The highest BCUT2D eigenvalue weighted by atomic mass is 15.1. The van der Waals surface area contributed by atoms with Gasteiger partial charge in [-0.25, -0.2) is 0 Å². The van der Waals surface area contributed by atoms with Gasteiger partial charge in [0.2, 0.25) is 0 Å². The first-order valence-electron chi connectivity index (χ1n) is 3.74. The van der Waals surface area contributed by atoms with Crippen molar-refractivity contribution in [2.45, 2.75) is 19.3 Å². The van der Waals surface area contributed by atoms with Crippen LogP contribution >= 0.6 is 0 Å². The Bertz CT molecular complexity index is 142. The lowest BCUT2D eigenvalue weighted by molar-refractivity contribution is 0.413. The van der Waals surface area contributed by atoms with Crippen LogP contribution in [0.25, 0.3) is 0 Å². The summed E-state index contributed by atoms with van der Waals surface area (Å²) in [5, 5.41) is 0. The molecule has 9 heavy (non-hydrogen) atoms. The van der Waals surface area contributed by atoms with Gasteiger partial charge in [-0.05, 0) is 26.3 Å². The summed E-state index contributed by atoms with van der Waals surface area (Å²) in [5.74, 6) is 0. The molecule has 1 heteroatoms. The Labute approximate surface area is 56.4 Å². The van der Waals surface area contributed by atoms with Crippen molar-refractivity contribution >= 4 is 0 Å². The largest absolute Gasteiger partial charge is 0.299 e. The molecule has 1 heterocycles. The number of nitrogens with zero attached hydrogens (tertiary/aromatic N) is 1. The van der Waals surface area contributed by atoms with Crippen LogP contribution in [-0.2, 0) is 0 Å². The van der Waals surface area contributed by atoms with Crippen LogP contribution < -0.4 is 0 Å². The molecule has 0 atom stereocenters. The second-order valence-corrected chi connectivity index (χ2v) is 3.23. The zero-order valence-electron chi connectivity index (χ0n) is 5.98. The van der Waals surface area contributed by atoms with Crippen LogP contribution in [0.5, 0.6) is 0 Å². The van der Waals surface area contributed by atoms with E-state index in [-0.39, 0.29) is 0 Å². The predicted octanol–water partition coefficient (Wildman–Crippen LogP) is 1.41. The van der Waals surface area contributed by atoms with Crippen LogP contribution in [0.2, 0.25) is 0 Å². The summed E-state index contributed by atoms with van der Waals surface area (Å²) in [6, 6.07) is 0. The number of rotatable bonds is 0. The summed E-state index contributed by atoms with van der Waals surface area (Å²) in [5.41, 5.74) is 3.50. The van der Waals surface area contributed by atoms with Gasteiger partial charge in [0.1, 0.15) is 0 Å². The fourth-order valence-electron chi connectivity index (χ4n) is 1.96. The van der Waals surface area contributed by atoms with E-state index < -0.39 is 0 Å². The molecule has 2 rings (SSSR count). The molecule has 50 valence electrons. The first kappa shape index (κ1) is 5.48. The summed E-state index contributed by atoms with van der Waals surface area (Å²) in [4.78, 5) is 2.41. The lowest BCUT2D eigenvalue weighted by Crippen LogP contribution is -2.15. The average molecular weight is 123 g/mol. The summed E-state index contributed by atoms with van der Waals surface area (Å²) in [7, 11) is 2.21. The Kier molecular flexibility index (Phi) is 1.12. The van der Waals surface area contributed by atoms with Crippen molar-refractivity contribution in [3.05, 3.63) is 11.1 Å². The van der Waals surface area contributed by atoms with Gasteiger partial charge in [0.05, 0.1) is 0 Å². The minimum atomic E-state index is 1.26. The van der Waals surface area contributed by atoms with Crippen molar-refractivity contribution in [1.29, 1.82) is 0 Å². The van der Waals surface area contributed by atoms with E-state index in [4.69, 9.17) is 0 Å². The first-order valence-corrected chi connectivity index (χ1v) is 3.74. The Balaban J connectivity index is 2.15. The highest BCUT2D eigenvalue weighted by Gasteiger charge is 2.22. The minimum absolute atomic E-state index is 1.26. The Morgan fingerprint density at radius 2 is 1.67 bits per heavy atom. The van der Waals surface area contributed by atoms with Gasteiger partial charge in [-0.2, -0.15) is 0 Å². The van der Waals surface area contributed by atoms with Gasteiger partial charge < -0.3 is 0 Å². The molecule has 0 saturated heterocycles. The predicted molar refractivity (Wildman–Crippen MR) is 38.4 cm³/mol. The topological polar surface area (TPSA) is 3.24 Å². The lowest BCUT2D eigenvalue weighted by atomic mass is 10.2. The van der Waals surface area contributed by atoms with Crippen LogP contribution in [0.3, 0.4) is 0 Å². The number of likely N-dealkylation sites (N-methyl/N-ethyl adjacent to an activating group) is 1. The molecule has 0 radical (unpaired) electrons. The van der Waals surface area contributed by atoms with Crippen molar-refractivity contribution in [3.63, 3.8) is 0 Å². The van der Waals surface area contributed by atoms with Crippen LogP contribution in [0, 0.1) is 0 Å².